The van der Waals surface area contributed by atoms with Gasteiger partial charge in [-0.3, -0.25) is 9.78 Å². The van der Waals surface area contributed by atoms with Gasteiger partial charge in [0.05, 0.1) is 11.3 Å². The molecule has 1 N–H and O–H groups in total. The fourth-order valence-electron chi connectivity index (χ4n) is 4.13. The molecule has 1 aromatic heterocycles. The summed E-state index contributed by atoms with van der Waals surface area (Å²) in [4.78, 5) is 19.5. The van der Waals surface area contributed by atoms with E-state index in [0.29, 0.717) is 22.7 Å². The van der Waals surface area contributed by atoms with Crippen LogP contribution in [-0.2, 0) is 0 Å². The van der Waals surface area contributed by atoms with E-state index in [-0.39, 0.29) is 17.8 Å². The van der Waals surface area contributed by atoms with Gasteiger partial charge in [-0.05, 0) is 69.0 Å². The van der Waals surface area contributed by atoms with Crippen LogP contribution in [0.15, 0.2) is 42.6 Å². The molecule has 0 spiro atoms. The highest BCUT2D eigenvalue weighted by atomic mass is 19.1. The van der Waals surface area contributed by atoms with Gasteiger partial charge in [0.15, 0.2) is 0 Å². The molecule has 4 rings (SSSR count). The number of hydrogen-bond acceptors (Lipinski definition) is 3. The summed E-state index contributed by atoms with van der Waals surface area (Å²) in [7, 11) is 0. The predicted molar refractivity (Wildman–Crippen MR) is 104 cm³/mol. The Morgan fingerprint density at radius 2 is 2.07 bits per heavy atom. The quantitative estimate of drug-likeness (QED) is 0.872. The average Bonchev–Trinajstić information content (AvgIpc) is 2.65. The molecule has 2 heterocycles. The molecule has 1 aliphatic heterocycles. The van der Waals surface area contributed by atoms with Crippen LogP contribution in [0.3, 0.4) is 0 Å². The van der Waals surface area contributed by atoms with Crippen molar-refractivity contribution < 1.29 is 9.18 Å². The Hall–Kier alpha value is -2.27. The van der Waals surface area contributed by atoms with Gasteiger partial charge in [-0.1, -0.05) is 18.6 Å². The van der Waals surface area contributed by atoms with E-state index in [2.05, 4.69) is 15.2 Å². The lowest BCUT2D eigenvalue weighted by Gasteiger charge is -2.37. The number of halogens is 1. The van der Waals surface area contributed by atoms with E-state index in [1.165, 1.54) is 51.0 Å². The minimum absolute atomic E-state index is 0.0668. The Balaban J connectivity index is 1.35. The zero-order valence-corrected chi connectivity index (χ0v) is 15.5. The molecule has 142 valence electrons. The Kier molecular flexibility index (Phi) is 5.48. The number of carbonyl (C=O) groups excluding carboxylic acids is 1. The minimum atomic E-state index is -0.291. The van der Waals surface area contributed by atoms with E-state index in [9.17, 15) is 9.18 Å². The lowest BCUT2D eigenvalue weighted by Crippen LogP contribution is -2.44. The number of benzene rings is 1. The summed E-state index contributed by atoms with van der Waals surface area (Å²) < 4.78 is 13.4. The van der Waals surface area contributed by atoms with Crippen molar-refractivity contribution in [1.82, 2.24) is 15.2 Å². The molecular weight excluding hydrogens is 341 g/mol. The summed E-state index contributed by atoms with van der Waals surface area (Å²) in [5.74, 6) is 0.335. The monoisotopic (exact) mass is 367 g/mol. The highest BCUT2D eigenvalue weighted by Gasteiger charge is 2.26. The molecule has 2 atom stereocenters. The van der Waals surface area contributed by atoms with Crippen molar-refractivity contribution in [3.8, 4) is 11.3 Å². The third kappa shape index (κ3) is 4.53. The van der Waals surface area contributed by atoms with Crippen LogP contribution in [-0.4, -0.2) is 41.5 Å². The van der Waals surface area contributed by atoms with Crippen molar-refractivity contribution in [2.45, 2.75) is 38.1 Å². The van der Waals surface area contributed by atoms with Gasteiger partial charge in [0.1, 0.15) is 5.82 Å². The lowest BCUT2D eigenvalue weighted by atomic mass is 9.84. The highest BCUT2D eigenvalue weighted by Crippen LogP contribution is 2.27. The Labute approximate surface area is 159 Å². The van der Waals surface area contributed by atoms with Crippen molar-refractivity contribution in [3.05, 3.63) is 54.0 Å². The number of amides is 1. The Morgan fingerprint density at radius 3 is 2.78 bits per heavy atom. The van der Waals surface area contributed by atoms with Gasteiger partial charge >= 0.3 is 0 Å². The van der Waals surface area contributed by atoms with Gasteiger partial charge in [0, 0.05) is 24.3 Å². The standard InChI is InChI=1S/C22H26FN3O/c23-19-6-2-5-17(13-19)21-9-8-18(14-24-21)22(27)25-20-7-1-4-16(12-20)15-26-10-3-11-26/h2,5-6,8-9,13-14,16,20H,1,3-4,7,10-12,15H2,(H,25,27)/t16-,20+/m0/s1. The highest BCUT2D eigenvalue weighted by molar-refractivity contribution is 5.94. The second-order valence-corrected chi connectivity index (χ2v) is 7.80. The van der Waals surface area contributed by atoms with E-state index in [0.717, 1.165) is 12.8 Å². The molecule has 0 bridgehead atoms. The van der Waals surface area contributed by atoms with Crippen molar-refractivity contribution in [3.63, 3.8) is 0 Å². The maximum Gasteiger partial charge on any atom is 0.253 e. The van der Waals surface area contributed by atoms with Crippen LogP contribution in [0.25, 0.3) is 11.3 Å². The predicted octanol–water partition coefficient (Wildman–Crippen LogP) is 3.88. The molecule has 2 aromatic rings. The third-order valence-corrected chi connectivity index (χ3v) is 5.73. The largest absolute Gasteiger partial charge is 0.349 e. The van der Waals surface area contributed by atoms with E-state index in [4.69, 9.17) is 0 Å². The Morgan fingerprint density at radius 1 is 1.19 bits per heavy atom. The van der Waals surface area contributed by atoms with Gasteiger partial charge in [0.25, 0.3) is 5.91 Å². The van der Waals surface area contributed by atoms with Crippen LogP contribution in [0, 0.1) is 11.7 Å². The summed E-state index contributed by atoms with van der Waals surface area (Å²) >= 11 is 0. The number of likely N-dealkylation sites (tertiary alicyclic amines) is 1. The van der Waals surface area contributed by atoms with Gasteiger partial charge in [0.2, 0.25) is 0 Å². The molecule has 1 saturated heterocycles. The van der Waals surface area contributed by atoms with E-state index < -0.39 is 0 Å². The van der Waals surface area contributed by atoms with E-state index in [1.807, 2.05) is 6.07 Å². The molecule has 27 heavy (non-hydrogen) atoms. The van der Waals surface area contributed by atoms with Crippen molar-refractivity contribution in [1.29, 1.82) is 0 Å². The molecule has 1 saturated carbocycles. The smallest absolute Gasteiger partial charge is 0.253 e. The van der Waals surface area contributed by atoms with Crippen LogP contribution < -0.4 is 5.32 Å². The fraction of sp³-hybridized carbons (Fsp3) is 0.455. The van der Waals surface area contributed by atoms with Crippen LogP contribution in [0.1, 0.15) is 42.5 Å². The molecule has 1 aromatic carbocycles. The zero-order chi connectivity index (χ0) is 18.6. The second-order valence-electron chi connectivity index (χ2n) is 7.80. The summed E-state index contributed by atoms with van der Waals surface area (Å²) in [5.41, 5.74) is 1.93. The number of pyridine rings is 1. The van der Waals surface area contributed by atoms with Gasteiger partial charge in [-0.25, -0.2) is 4.39 Å². The Bertz CT molecular complexity index is 788. The van der Waals surface area contributed by atoms with Crippen LogP contribution >= 0.6 is 0 Å². The normalized spacial score (nSPS) is 22.9. The fourth-order valence-corrected chi connectivity index (χ4v) is 4.13. The topological polar surface area (TPSA) is 45.2 Å². The zero-order valence-electron chi connectivity index (χ0n) is 15.5. The second kappa shape index (κ2) is 8.17. The summed E-state index contributed by atoms with van der Waals surface area (Å²) in [5, 5.41) is 3.19. The minimum Gasteiger partial charge on any atom is -0.349 e. The van der Waals surface area contributed by atoms with Crippen molar-refractivity contribution in [2.75, 3.05) is 19.6 Å². The number of carbonyl (C=O) groups is 1. The number of aromatic nitrogens is 1. The first kappa shape index (κ1) is 18.1. The molecule has 1 aliphatic carbocycles. The maximum atomic E-state index is 13.4. The summed E-state index contributed by atoms with van der Waals surface area (Å²) in [6, 6.07) is 10.1. The molecule has 5 heteroatoms. The first-order chi connectivity index (χ1) is 13.2. The average molecular weight is 367 g/mol. The van der Waals surface area contributed by atoms with Gasteiger partial charge < -0.3 is 10.2 Å². The van der Waals surface area contributed by atoms with Crippen LogP contribution in [0.2, 0.25) is 0 Å². The number of rotatable bonds is 5. The summed E-state index contributed by atoms with van der Waals surface area (Å²) in [6.07, 6.45) is 7.47. The lowest BCUT2D eigenvalue weighted by molar-refractivity contribution is 0.0897. The first-order valence-corrected chi connectivity index (χ1v) is 9.92. The number of hydrogen-bond donors (Lipinski definition) is 1. The molecule has 4 nitrogen and oxygen atoms in total. The SMILES string of the molecule is O=C(N[C@@H]1CCC[C@H](CN2CCC2)C1)c1ccc(-c2cccc(F)c2)nc1. The number of nitrogens with one attached hydrogen (secondary N) is 1. The molecule has 0 unspecified atom stereocenters. The van der Waals surface area contributed by atoms with Crippen molar-refractivity contribution in [2.24, 2.45) is 5.92 Å². The van der Waals surface area contributed by atoms with Gasteiger partial charge in [-0.15, -0.1) is 0 Å². The molecular formula is C22H26FN3O. The van der Waals surface area contributed by atoms with Crippen LogP contribution in [0.4, 0.5) is 4.39 Å². The van der Waals surface area contributed by atoms with Crippen molar-refractivity contribution >= 4 is 5.91 Å². The van der Waals surface area contributed by atoms with Crippen LogP contribution in [0.5, 0.6) is 0 Å². The van der Waals surface area contributed by atoms with Gasteiger partial charge in [-0.2, -0.15) is 0 Å². The van der Waals surface area contributed by atoms with E-state index in [1.54, 1.807) is 24.4 Å². The number of nitrogens with zero attached hydrogens (tertiary/aromatic N) is 2. The molecule has 0 radical (unpaired) electrons. The van der Waals surface area contributed by atoms with E-state index >= 15 is 0 Å². The molecule has 1 amide bonds. The third-order valence-electron chi connectivity index (χ3n) is 5.73. The summed E-state index contributed by atoms with van der Waals surface area (Å²) in [6.45, 7) is 3.64. The first-order valence-electron chi connectivity index (χ1n) is 9.92. The maximum absolute atomic E-state index is 13.4. The molecule has 2 aliphatic rings. The molecule has 2 fully saturated rings.